The first-order chi connectivity index (χ1) is 19.2. The van der Waals surface area contributed by atoms with Gasteiger partial charge in [0.05, 0.1) is 13.0 Å². The maximum atomic E-state index is 12.9. The lowest BCUT2D eigenvalue weighted by Gasteiger charge is -2.33. The zero-order valence-corrected chi connectivity index (χ0v) is 24.4. The number of halogens is 2. The van der Waals surface area contributed by atoms with Gasteiger partial charge in [-0.25, -0.2) is 4.39 Å². The van der Waals surface area contributed by atoms with Crippen LogP contribution in [0.4, 0.5) is 4.39 Å². The minimum absolute atomic E-state index is 0.0577. The van der Waals surface area contributed by atoms with Crippen molar-refractivity contribution < 1.29 is 28.6 Å². The first kappa shape index (κ1) is 33.2. The van der Waals surface area contributed by atoms with Gasteiger partial charge in [-0.1, -0.05) is 55.8 Å². The van der Waals surface area contributed by atoms with Gasteiger partial charge in [-0.15, -0.1) is 6.58 Å². The van der Waals surface area contributed by atoms with Gasteiger partial charge in [0.25, 0.3) is 0 Å². The molecule has 1 aliphatic carbocycles. The Bertz CT molecular complexity index is 1050. The van der Waals surface area contributed by atoms with Crippen molar-refractivity contribution in [3.05, 3.63) is 71.0 Å². The molecule has 0 aromatic rings. The lowest BCUT2D eigenvalue weighted by molar-refractivity contribution is -0.139. The summed E-state index contributed by atoms with van der Waals surface area (Å²) in [4.78, 5) is 39.0. The Balaban J connectivity index is 2.13. The summed E-state index contributed by atoms with van der Waals surface area (Å²) in [5.74, 6) is -0.392. The SMILES string of the molecule is C=CC/C(=C\C=C(\Cl)CF)C(CC(=O)O)N(CCC)CCC1C=CC(CC)=C(OCCN2C(=O)CCC2=O)C=C1. The Morgan fingerprint density at radius 2 is 1.93 bits per heavy atom. The molecule has 2 unspecified atom stereocenters. The van der Waals surface area contributed by atoms with Crippen LogP contribution in [0.25, 0.3) is 0 Å². The van der Waals surface area contributed by atoms with Crippen LogP contribution < -0.4 is 0 Å². The van der Waals surface area contributed by atoms with Crippen LogP contribution in [0.5, 0.6) is 0 Å². The van der Waals surface area contributed by atoms with Gasteiger partial charge in [0, 0.05) is 23.9 Å². The molecule has 220 valence electrons. The fourth-order valence-electron chi connectivity index (χ4n) is 4.86. The van der Waals surface area contributed by atoms with E-state index >= 15 is 0 Å². The van der Waals surface area contributed by atoms with Crippen molar-refractivity contribution in [3.8, 4) is 0 Å². The minimum Gasteiger partial charge on any atom is -0.491 e. The predicted molar refractivity (Wildman–Crippen MR) is 156 cm³/mol. The number of carboxylic acid groups (broad SMARTS) is 1. The van der Waals surface area contributed by atoms with Crippen molar-refractivity contribution in [1.29, 1.82) is 0 Å². The molecule has 9 heteroatoms. The van der Waals surface area contributed by atoms with Crippen LogP contribution in [0.3, 0.4) is 0 Å². The highest BCUT2D eigenvalue weighted by atomic mass is 35.5. The zero-order valence-electron chi connectivity index (χ0n) is 23.6. The molecule has 40 heavy (non-hydrogen) atoms. The molecule has 0 aromatic heterocycles. The van der Waals surface area contributed by atoms with Crippen LogP contribution in [0.15, 0.2) is 71.0 Å². The van der Waals surface area contributed by atoms with Crippen molar-refractivity contribution in [3.63, 3.8) is 0 Å². The van der Waals surface area contributed by atoms with Crippen molar-refractivity contribution in [2.24, 2.45) is 5.92 Å². The van der Waals surface area contributed by atoms with E-state index in [4.69, 9.17) is 16.3 Å². The fraction of sp³-hybridized carbons (Fsp3) is 0.516. The quantitative estimate of drug-likeness (QED) is 0.121. The summed E-state index contributed by atoms with van der Waals surface area (Å²) in [6.07, 6.45) is 16.4. The molecule has 2 aliphatic rings. The molecule has 1 N–H and O–H groups in total. The predicted octanol–water partition coefficient (Wildman–Crippen LogP) is 6.10. The van der Waals surface area contributed by atoms with Gasteiger partial charge in [-0.05, 0) is 68.0 Å². The maximum Gasteiger partial charge on any atom is 0.305 e. The van der Waals surface area contributed by atoms with Crippen molar-refractivity contribution in [1.82, 2.24) is 9.80 Å². The van der Waals surface area contributed by atoms with E-state index in [9.17, 15) is 23.9 Å². The summed E-state index contributed by atoms with van der Waals surface area (Å²) < 4.78 is 18.9. The van der Waals surface area contributed by atoms with Crippen molar-refractivity contribution in [2.45, 2.75) is 64.8 Å². The number of hydrogen-bond donors (Lipinski definition) is 1. The molecule has 0 saturated carbocycles. The molecule has 1 fully saturated rings. The van der Waals surface area contributed by atoms with E-state index < -0.39 is 12.6 Å². The second kappa shape index (κ2) is 17.7. The molecular weight excluding hydrogens is 535 g/mol. The Morgan fingerprint density at radius 3 is 2.52 bits per heavy atom. The Morgan fingerprint density at radius 1 is 1.23 bits per heavy atom. The average molecular weight is 577 g/mol. The lowest BCUT2D eigenvalue weighted by atomic mass is 9.96. The normalized spacial score (nSPS) is 19.0. The Kier molecular flexibility index (Phi) is 14.7. The molecule has 0 aromatic carbocycles. The first-order valence-electron chi connectivity index (χ1n) is 14.0. The number of aliphatic carboxylic acids is 1. The summed E-state index contributed by atoms with van der Waals surface area (Å²) in [7, 11) is 0. The lowest BCUT2D eigenvalue weighted by Crippen LogP contribution is -2.40. The van der Waals surface area contributed by atoms with Crippen LogP contribution in [-0.4, -0.2) is 71.6 Å². The second-order valence-electron chi connectivity index (χ2n) is 9.83. The number of carbonyl (C=O) groups is 3. The van der Waals surface area contributed by atoms with Gasteiger partial charge in [0.15, 0.2) is 0 Å². The fourth-order valence-corrected chi connectivity index (χ4v) is 4.92. The summed E-state index contributed by atoms with van der Waals surface area (Å²) in [5.41, 5.74) is 1.85. The van der Waals surface area contributed by atoms with Crippen LogP contribution in [0.2, 0.25) is 0 Å². The Hall–Kier alpha value is -2.97. The van der Waals surface area contributed by atoms with Gasteiger partial charge in [0.2, 0.25) is 11.8 Å². The third kappa shape index (κ3) is 10.5. The highest BCUT2D eigenvalue weighted by molar-refractivity contribution is 6.29. The highest BCUT2D eigenvalue weighted by Crippen LogP contribution is 2.25. The molecule has 0 radical (unpaired) electrons. The average Bonchev–Trinajstić information content (AvgIpc) is 3.13. The summed E-state index contributed by atoms with van der Waals surface area (Å²) >= 11 is 5.88. The van der Waals surface area contributed by atoms with Crippen molar-refractivity contribution in [2.75, 3.05) is 32.9 Å². The number of imide groups is 1. The number of likely N-dealkylation sites (tertiary alicyclic amines) is 1. The highest BCUT2D eigenvalue weighted by Gasteiger charge is 2.28. The summed E-state index contributed by atoms with van der Waals surface area (Å²) in [5, 5.41) is 9.74. The number of allylic oxidation sites excluding steroid dienone is 9. The molecule has 1 saturated heterocycles. The van der Waals surface area contributed by atoms with E-state index in [0.29, 0.717) is 19.5 Å². The number of rotatable bonds is 18. The molecule has 2 amide bonds. The summed E-state index contributed by atoms with van der Waals surface area (Å²) in [6, 6.07) is -0.381. The number of carbonyl (C=O) groups excluding carboxylic acids is 2. The molecule has 1 aliphatic heterocycles. The van der Waals surface area contributed by atoms with E-state index in [0.717, 1.165) is 36.2 Å². The van der Waals surface area contributed by atoms with E-state index in [1.807, 2.05) is 13.0 Å². The number of nitrogens with zero attached hydrogens (tertiary/aromatic N) is 2. The Labute approximate surface area is 242 Å². The summed E-state index contributed by atoms with van der Waals surface area (Å²) in [6.45, 7) is 8.95. The number of hydrogen-bond acceptors (Lipinski definition) is 5. The zero-order chi connectivity index (χ0) is 29.5. The van der Waals surface area contributed by atoms with E-state index in [2.05, 4.69) is 36.6 Å². The van der Waals surface area contributed by atoms with E-state index in [1.54, 1.807) is 12.2 Å². The van der Waals surface area contributed by atoms with Crippen LogP contribution in [-0.2, 0) is 19.1 Å². The van der Waals surface area contributed by atoms with Crippen molar-refractivity contribution >= 4 is 29.4 Å². The van der Waals surface area contributed by atoms with Gasteiger partial charge < -0.3 is 9.84 Å². The smallest absolute Gasteiger partial charge is 0.305 e. The number of carboxylic acids is 1. The number of alkyl halides is 1. The topological polar surface area (TPSA) is 87.2 Å². The van der Waals surface area contributed by atoms with Crippen LogP contribution >= 0.6 is 11.6 Å². The molecule has 1 heterocycles. The molecule has 0 bridgehead atoms. The minimum atomic E-state index is -0.910. The van der Waals surface area contributed by atoms with Crippen LogP contribution in [0, 0.1) is 5.92 Å². The molecule has 2 atom stereocenters. The van der Waals surface area contributed by atoms with Crippen LogP contribution in [0.1, 0.15) is 58.8 Å². The van der Waals surface area contributed by atoms with Gasteiger partial charge in [-0.3, -0.25) is 24.2 Å². The third-order valence-corrected chi connectivity index (χ3v) is 7.17. The standard InChI is InChI=1S/C31H42ClFN2O5/c1-4-7-25(11-12-26(32)22-33)27(21-31(38)39)34(17-5-2)18-16-23-8-10-24(6-3)28(13-9-23)40-20-19-35-29(36)14-15-30(35)37/h4,8-13,23,27H,1,5-7,14-22H2,2-3H3,(H,38,39)/b25-11+,26-12+. The molecule has 7 nitrogen and oxygen atoms in total. The molecule has 2 rings (SSSR count). The van der Waals surface area contributed by atoms with Gasteiger partial charge in [0.1, 0.15) is 19.0 Å². The molecule has 0 spiro atoms. The number of ether oxygens (including phenoxy) is 1. The van der Waals surface area contributed by atoms with E-state index in [-0.39, 0.29) is 61.2 Å². The molecular formula is C31H42ClFN2O5. The monoisotopic (exact) mass is 576 g/mol. The largest absolute Gasteiger partial charge is 0.491 e. The third-order valence-electron chi connectivity index (χ3n) is 6.95. The van der Waals surface area contributed by atoms with E-state index in [1.165, 1.54) is 11.0 Å². The maximum absolute atomic E-state index is 12.9. The van der Waals surface area contributed by atoms with Gasteiger partial charge >= 0.3 is 5.97 Å². The first-order valence-corrected chi connectivity index (χ1v) is 14.3. The van der Waals surface area contributed by atoms with Gasteiger partial charge in [-0.2, -0.15) is 0 Å². The second-order valence-corrected chi connectivity index (χ2v) is 10.3. The number of amides is 2.